The first-order chi connectivity index (χ1) is 17.2. The summed E-state index contributed by atoms with van der Waals surface area (Å²) in [6.07, 6.45) is 6.96. The van der Waals surface area contributed by atoms with Gasteiger partial charge in [0, 0.05) is 6.07 Å². The van der Waals surface area contributed by atoms with E-state index in [-0.39, 0.29) is 12.5 Å². The van der Waals surface area contributed by atoms with Crippen molar-refractivity contribution in [1.29, 1.82) is 0 Å². The number of aliphatic carboxylic acids is 1. The lowest BCUT2D eigenvalue weighted by Crippen LogP contribution is -2.16. The fourth-order valence-corrected chi connectivity index (χ4v) is 4.80. The van der Waals surface area contributed by atoms with Gasteiger partial charge in [0.25, 0.3) is 0 Å². The van der Waals surface area contributed by atoms with Crippen LogP contribution in [0.4, 0.5) is 0 Å². The Morgan fingerprint density at radius 3 is 2.43 bits per heavy atom. The molecule has 1 heterocycles. The average molecular weight is 466 g/mol. The van der Waals surface area contributed by atoms with Crippen molar-refractivity contribution in [1.82, 2.24) is 5.16 Å². The lowest BCUT2D eigenvalue weighted by Gasteiger charge is -2.24. The van der Waals surface area contributed by atoms with E-state index in [2.05, 4.69) is 41.6 Å². The number of hydrogen-bond acceptors (Lipinski definition) is 4. The first kappa shape index (κ1) is 22.7. The molecule has 1 aromatic heterocycles. The molecule has 5 nitrogen and oxygen atoms in total. The third-order valence-corrected chi connectivity index (χ3v) is 6.46. The van der Waals surface area contributed by atoms with Crippen LogP contribution in [0.15, 0.2) is 95.5 Å². The number of carboxylic acid groups (broad SMARTS) is 1. The van der Waals surface area contributed by atoms with Crippen LogP contribution in [0, 0.1) is 5.92 Å². The minimum absolute atomic E-state index is 0.0159. The highest BCUT2D eigenvalue weighted by molar-refractivity contribution is 5.68. The van der Waals surface area contributed by atoms with E-state index in [4.69, 9.17) is 14.4 Å². The molecule has 0 bridgehead atoms. The number of allylic oxidation sites excluding steroid dienone is 1. The maximum Gasteiger partial charge on any atom is 0.341 e. The minimum atomic E-state index is -0.965. The number of benzene rings is 3. The summed E-state index contributed by atoms with van der Waals surface area (Å²) >= 11 is 0. The predicted octanol–water partition coefficient (Wildman–Crippen LogP) is 6.14. The van der Waals surface area contributed by atoms with Crippen molar-refractivity contribution in [3.05, 3.63) is 125 Å². The molecule has 5 heteroatoms. The van der Waals surface area contributed by atoms with Gasteiger partial charge in [0.2, 0.25) is 0 Å². The molecule has 0 radical (unpaired) electrons. The summed E-state index contributed by atoms with van der Waals surface area (Å²) in [7, 11) is 0. The zero-order chi connectivity index (χ0) is 24.0. The Bertz CT molecular complexity index is 1270. The monoisotopic (exact) mass is 465 g/mol. The molecule has 1 N–H and O–H groups in total. The third kappa shape index (κ3) is 5.35. The fraction of sp³-hybridized carbons (Fsp3) is 0.200. The summed E-state index contributed by atoms with van der Waals surface area (Å²) in [5.74, 6) is 0.889. The van der Waals surface area contributed by atoms with Crippen molar-refractivity contribution >= 4 is 12.0 Å². The molecule has 1 aliphatic carbocycles. The Labute approximate surface area is 204 Å². The van der Waals surface area contributed by atoms with Gasteiger partial charge >= 0.3 is 5.97 Å². The van der Waals surface area contributed by atoms with Crippen LogP contribution in [-0.4, -0.2) is 22.8 Å². The van der Waals surface area contributed by atoms with E-state index in [1.54, 1.807) is 0 Å². The van der Waals surface area contributed by atoms with E-state index >= 15 is 0 Å². The van der Waals surface area contributed by atoms with Crippen molar-refractivity contribution in [2.24, 2.45) is 5.92 Å². The van der Waals surface area contributed by atoms with Crippen LogP contribution in [0.5, 0.6) is 5.75 Å². The fourth-order valence-electron chi connectivity index (χ4n) is 4.80. The van der Waals surface area contributed by atoms with Gasteiger partial charge in [-0.2, -0.15) is 0 Å². The number of hydrogen-bond donors (Lipinski definition) is 1. The number of carboxylic acids is 1. The zero-order valence-corrected chi connectivity index (χ0v) is 19.3. The van der Waals surface area contributed by atoms with E-state index in [9.17, 15) is 4.79 Å². The summed E-state index contributed by atoms with van der Waals surface area (Å²) in [5, 5.41) is 13.3. The molecule has 176 valence electrons. The Morgan fingerprint density at radius 1 is 1.03 bits per heavy atom. The molecule has 0 fully saturated rings. The molecule has 0 saturated carbocycles. The van der Waals surface area contributed by atoms with Gasteiger partial charge in [-0.05, 0) is 59.6 Å². The van der Waals surface area contributed by atoms with Crippen LogP contribution in [0.1, 0.15) is 46.0 Å². The third-order valence-electron chi connectivity index (χ3n) is 6.46. The highest BCUT2D eigenvalue weighted by Crippen LogP contribution is 2.34. The van der Waals surface area contributed by atoms with Gasteiger partial charge in [0.15, 0.2) is 6.61 Å². The molecule has 0 amide bonds. The van der Waals surface area contributed by atoms with Crippen LogP contribution >= 0.6 is 0 Å². The van der Waals surface area contributed by atoms with Crippen molar-refractivity contribution in [2.45, 2.75) is 25.2 Å². The van der Waals surface area contributed by atoms with Crippen LogP contribution < -0.4 is 4.74 Å². The van der Waals surface area contributed by atoms with Crippen LogP contribution in [-0.2, 0) is 17.6 Å². The first-order valence-electron chi connectivity index (χ1n) is 11.9. The summed E-state index contributed by atoms with van der Waals surface area (Å²) in [6.45, 7) is -0.318. The second-order valence-corrected chi connectivity index (χ2v) is 8.85. The number of ether oxygens (including phenoxy) is 1. The second kappa shape index (κ2) is 10.4. The van der Waals surface area contributed by atoms with Crippen LogP contribution in [0.25, 0.3) is 6.08 Å². The van der Waals surface area contributed by atoms with Gasteiger partial charge in [-0.25, -0.2) is 4.79 Å². The topological polar surface area (TPSA) is 72.6 Å². The number of rotatable bonds is 8. The Morgan fingerprint density at radius 2 is 1.74 bits per heavy atom. The summed E-state index contributed by atoms with van der Waals surface area (Å²) < 4.78 is 11.3. The average Bonchev–Trinajstić information content (AvgIpc) is 3.36. The smallest absolute Gasteiger partial charge is 0.341 e. The van der Waals surface area contributed by atoms with Crippen molar-refractivity contribution in [3.63, 3.8) is 0 Å². The lowest BCUT2D eigenvalue weighted by atomic mass is 9.83. The van der Waals surface area contributed by atoms with Gasteiger partial charge in [-0.1, -0.05) is 84.0 Å². The molecule has 1 atom stereocenters. The maximum atomic E-state index is 10.9. The molecule has 5 rings (SSSR count). The van der Waals surface area contributed by atoms with E-state index in [0.29, 0.717) is 11.7 Å². The molecule has 0 aliphatic heterocycles. The summed E-state index contributed by atoms with van der Waals surface area (Å²) in [5.41, 5.74) is 5.46. The maximum absolute atomic E-state index is 10.9. The molecule has 3 aromatic carbocycles. The Kier molecular flexibility index (Phi) is 6.75. The molecule has 0 saturated heterocycles. The number of carbonyl (C=O) groups is 1. The molecular formula is C30H27NO4. The quantitative estimate of drug-likeness (QED) is 0.339. The molecule has 1 unspecified atom stereocenters. The Hall–Kier alpha value is -4.12. The molecular weight excluding hydrogens is 438 g/mol. The minimum Gasteiger partial charge on any atom is -0.482 e. The normalized spacial score (nSPS) is 15.3. The molecule has 35 heavy (non-hydrogen) atoms. The number of fused-ring (bicyclic) bond motifs is 1. The number of nitrogens with zero attached hydrogens (tertiary/aromatic N) is 1. The van der Waals surface area contributed by atoms with Gasteiger partial charge in [-0.15, -0.1) is 0 Å². The SMILES string of the molecule is O=C(O)COc1cccc2c1CCC(/C=C/c1cc(C(c3ccccc3)c3ccccc3)on1)C2. The lowest BCUT2D eigenvalue weighted by molar-refractivity contribution is -0.139. The van der Waals surface area contributed by atoms with E-state index in [0.717, 1.165) is 47.4 Å². The molecule has 1 aliphatic rings. The van der Waals surface area contributed by atoms with E-state index in [1.807, 2.05) is 60.7 Å². The summed E-state index contributed by atoms with van der Waals surface area (Å²) in [6, 6.07) is 28.6. The van der Waals surface area contributed by atoms with Crippen molar-refractivity contribution in [3.8, 4) is 5.75 Å². The first-order valence-corrected chi connectivity index (χ1v) is 11.9. The van der Waals surface area contributed by atoms with Crippen LogP contribution in [0.2, 0.25) is 0 Å². The van der Waals surface area contributed by atoms with Gasteiger partial charge in [-0.3, -0.25) is 0 Å². The number of aromatic nitrogens is 1. The zero-order valence-electron chi connectivity index (χ0n) is 19.3. The van der Waals surface area contributed by atoms with Gasteiger partial charge < -0.3 is 14.4 Å². The highest BCUT2D eigenvalue weighted by Gasteiger charge is 2.22. The van der Waals surface area contributed by atoms with Crippen molar-refractivity contribution < 1.29 is 19.2 Å². The summed E-state index contributed by atoms with van der Waals surface area (Å²) in [4.78, 5) is 10.9. The predicted molar refractivity (Wildman–Crippen MR) is 134 cm³/mol. The van der Waals surface area contributed by atoms with Crippen molar-refractivity contribution in [2.75, 3.05) is 6.61 Å². The highest BCUT2D eigenvalue weighted by atomic mass is 16.5. The second-order valence-electron chi connectivity index (χ2n) is 8.85. The van der Waals surface area contributed by atoms with E-state index < -0.39 is 5.97 Å². The van der Waals surface area contributed by atoms with Gasteiger partial charge in [0.05, 0.1) is 5.92 Å². The molecule has 4 aromatic rings. The van der Waals surface area contributed by atoms with E-state index in [1.165, 1.54) is 5.56 Å². The Balaban J connectivity index is 1.32. The van der Waals surface area contributed by atoms with Gasteiger partial charge in [0.1, 0.15) is 17.2 Å². The van der Waals surface area contributed by atoms with Crippen LogP contribution in [0.3, 0.4) is 0 Å². The molecule has 0 spiro atoms. The largest absolute Gasteiger partial charge is 0.482 e. The standard InChI is InChI=1S/C30H27NO4/c32-29(33)20-34-27-13-7-12-24-18-21(15-17-26(24)27)14-16-25-19-28(35-31-25)30(22-8-3-1-4-9-22)23-10-5-2-6-11-23/h1-14,16,19,21,30H,15,17-18,20H2,(H,32,33)/b16-14+.